The van der Waals surface area contributed by atoms with Crippen molar-refractivity contribution < 1.29 is 14.3 Å². The number of ether oxygens (including phenoxy) is 2. The van der Waals surface area contributed by atoms with E-state index < -0.39 is 11.7 Å². The van der Waals surface area contributed by atoms with Gasteiger partial charge < -0.3 is 9.47 Å². The predicted octanol–water partition coefficient (Wildman–Crippen LogP) is 5.34. The second-order valence-corrected chi connectivity index (χ2v) is 8.55. The zero-order chi connectivity index (χ0) is 19.9. The lowest BCUT2D eigenvalue weighted by molar-refractivity contribution is 0.0572. The maximum atomic E-state index is 12.6. The van der Waals surface area contributed by atoms with Crippen LogP contribution in [0, 0.1) is 10.5 Å². The average molecular weight is 482 g/mol. The summed E-state index contributed by atoms with van der Waals surface area (Å²) in [5.41, 5.74) is 1.44. The molecule has 0 spiro atoms. The summed E-state index contributed by atoms with van der Waals surface area (Å²) in [7, 11) is 0. The fraction of sp³-hybridized carbons (Fsp3) is 0.429. The van der Waals surface area contributed by atoms with Crippen LogP contribution in [-0.2, 0) is 16.1 Å². The summed E-state index contributed by atoms with van der Waals surface area (Å²) in [5.74, 6) is 0.599. The van der Waals surface area contributed by atoms with Crippen LogP contribution in [0.3, 0.4) is 0 Å². The van der Waals surface area contributed by atoms with Gasteiger partial charge in [0.25, 0.3) is 0 Å². The molecule has 0 aliphatic rings. The van der Waals surface area contributed by atoms with Gasteiger partial charge in [0.15, 0.2) is 0 Å². The lowest BCUT2D eigenvalue weighted by atomic mass is 10.2. The van der Waals surface area contributed by atoms with Crippen molar-refractivity contribution in [2.45, 2.75) is 46.3 Å². The van der Waals surface area contributed by atoms with Crippen LogP contribution in [0.4, 0.5) is 10.6 Å². The molecule has 0 bridgehead atoms. The van der Waals surface area contributed by atoms with Crippen LogP contribution in [0.5, 0.6) is 0 Å². The summed E-state index contributed by atoms with van der Waals surface area (Å²) >= 11 is 2.28. The highest BCUT2D eigenvalue weighted by molar-refractivity contribution is 14.1. The van der Waals surface area contributed by atoms with Gasteiger partial charge in [0.1, 0.15) is 11.4 Å². The van der Waals surface area contributed by atoms with E-state index in [1.807, 2.05) is 45.9 Å². The molecule has 2 rings (SSSR count). The molecule has 0 fully saturated rings. The lowest BCUT2D eigenvalue weighted by Crippen LogP contribution is -2.38. The maximum Gasteiger partial charge on any atom is 0.416 e. The minimum atomic E-state index is -0.555. The second-order valence-electron chi connectivity index (χ2n) is 7.30. The summed E-state index contributed by atoms with van der Waals surface area (Å²) < 4.78 is 12.5. The molecule has 1 aromatic carbocycles. The number of carbonyl (C=O) groups excluding carboxylic acids is 1. The molecule has 2 aromatic rings. The first kappa shape index (κ1) is 21.6. The van der Waals surface area contributed by atoms with Gasteiger partial charge in [0, 0.05) is 22.4 Å². The molecule has 6 heteroatoms. The van der Waals surface area contributed by atoms with Crippen molar-refractivity contribution in [3.8, 4) is 0 Å². The number of aromatic nitrogens is 1. The number of benzene rings is 1. The Balaban J connectivity index is 1.91. The molecule has 1 aromatic heterocycles. The Kier molecular flexibility index (Phi) is 8.04. The first-order valence-electron chi connectivity index (χ1n) is 9.01. The van der Waals surface area contributed by atoms with Gasteiger partial charge in [-0.3, -0.25) is 4.90 Å². The van der Waals surface area contributed by atoms with Crippen molar-refractivity contribution in [3.05, 3.63) is 57.3 Å². The molecule has 0 atom stereocenters. The van der Waals surface area contributed by atoms with Gasteiger partial charge in [0.2, 0.25) is 0 Å². The molecule has 0 saturated heterocycles. The molecule has 0 saturated carbocycles. The molecule has 5 nitrogen and oxygen atoms in total. The standard InChI is InChI=1S/C21H27IN2O3/c1-16-7-5-8-19(23-16)24(20(25)27-21(2,3)4)13-6-14-26-15-17-9-11-18(22)12-10-17/h5,7-12H,6,13-15H2,1-4H3. The van der Waals surface area contributed by atoms with Gasteiger partial charge in [-0.15, -0.1) is 0 Å². The van der Waals surface area contributed by atoms with E-state index in [1.165, 1.54) is 3.57 Å². The topological polar surface area (TPSA) is 51.7 Å². The van der Waals surface area contributed by atoms with Gasteiger partial charge in [-0.2, -0.15) is 0 Å². The third-order valence-corrected chi connectivity index (χ3v) is 4.34. The second kappa shape index (κ2) is 10.0. The number of anilines is 1. The van der Waals surface area contributed by atoms with Gasteiger partial charge in [-0.05, 0) is 86.5 Å². The van der Waals surface area contributed by atoms with Crippen molar-refractivity contribution in [1.82, 2.24) is 4.98 Å². The van der Waals surface area contributed by atoms with Crippen molar-refractivity contribution in [1.29, 1.82) is 0 Å². The molecule has 27 heavy (non-hydrogen) atoms. The number of carbonyl (C=O) groups is 1. The first-order valence-corrected chi connectivity index (χ1v) is 10.1. The van der Waals surface area contributed by atoms with Crippen molar-refractivity contribution in [3.63, 3.8) is 0 Å². The first-order chi connectivity index (χ1) is 12.7. The van der Waals surface area contributed by atoms with Crippen LogP contribution in [-0.4, -0.2) is 29.8 Å². The van der Waals surface area contributed by atoms with Crippen LogP contribution in [0.25, 0.3) is 0 Å². The Labute approximate surface area is 175 Å². The third-order valence-electron chi connectivity index (χ3n) is 3.62. The van der Waals surface area contributed by atoms with Crippen LogP contribution in [0.2, 0.25) is 0 Å². The summed E-state index contributed by atoms with van der Waals surface area (Å²) in [6.45, 7) is 9.08. The lowest BCUT2D eigenvalue weighted by Gasteiger charge is -2.27. The molecule has 0 N–H and O–H groups in total. The molecule has 1 amide bonds. The average Bonchev–Trinajstić information content (AvgIpc) is 2.58. The Morgan fingerprint density at radius 2 is 1.85 bits per heavy atom. The molecule has 146 valence electrons. The van der Waals surface area contributed by atoms with Crippen LogP contribution in [0.15, 0.2) is 42.5 Å². The van der Waals surface area contributed by atoms with E-state index in [2.05, 4.69) is 51.8 Å². The normalized spacial score (nSPS) is 11.3. The fourth-order valence-corrected chi connectivity index (χ4v) is 2.75. The SMILES string of the molecule is Cc1cccc(N(CCCOCc2ccc(I)cc2)C(=O)OC(C)(C)C)n1. The van der Waals surface area contributed by atoms with Gasteiger partial charge in [-0.25, -0.2) is 9.78 Å². The van der Waals surface area contributed by atoms with Crippen molar-refractivity contribution >= 4 is 34.5 Å². The molecular formula is C21H27IN2O3. The summed E-state index contributed by atoms with van der Waals surface area (Å²) in [6, 6.07) is 13.9. The number of amides is 1. The van der Waals surface area contributed by atoms with E-state index >= 15 is 0 Å². The summed E-state index contributed by atoms with van der Waals surface area (Å²) in [6.07, 6.45) is 0.303. The smallest absolute Gasteiger partial charge is 0.416 e. The Morgan fingerprint density at radius 1 is 1.15 bits per heavy atom. The van der Waals surface area contributed by atoms with E-state index in [-0.39, 0.29) is 0 Å². The number of aryl methyl sites for hydroxylation is 1. The van der Waals surface area contributed by atoms with Gasteiger partial charge >= 0.3 is 6.09 Å². The van der Waals surface area contributed by atoms with E-state index in [1.54, 1.807) is 4.90 Å². The minimum absolute atomic E-state index is 0.391. The van der Waals surface area contributed by atoms with E-state index in [9.17, 15) is 4.79 Å². The molecule has 0 unspecified atom stereocenters. The Bertz CT molecular complexity index is 742. The number of pyridine rings is 1. The van der Waals surface area contributed by atoms with Gasteiger partial charge in [-0.1, -0.05) is 18.2 Å². The zero-order valence-corrected chi connectivity index (χ0v) is 18.5. The summed E-state index contributed by atoms with van der Waals surface area (Å²) in [4.78, 5) is 18.6. The van der Waals surface area contributed by atoms with Crippen molar-refractivity contribution in [2.75, 3.05) is 18.1 Å². The highest BCUT2D eigenvalue weighted by Crippen LogP contribution is 2.17. The highest BCUT2D eigenvalue weighted by Gasteiger charge is 2.24. The number of hydrogen-bond donors (Lipinski definition) is 0. The molecular weight excluding hydrogens is 455 g/mol. The van der Waals surface area contributed by atoms with E-state index in [0.29, 0.717) is 32.0 Å². The zero-order valence-electron chi connectivity index (χ0n) is 16.4. The maximum absolute atomic E-state index is 12.6. The van der Waals surface area contributed by atoms with E-state index in [0.717, 1.165) is 11.3 Å². The largest absolute Gasteiger partial charge is 0.443 e. The van der Waals surface area contributed by atoms with Gasteiger partial charge in [0.05, 0.1) is 6.61 Å². The number of rotatable bonds is 7. The van der Waals surface area contributed by atoms with Crippen LogP contribution in [0.1, 0.15) is 38.4 Å². The fourth-order valence-electron chi connectivity index (χ4n) is 2.39. The molecule has 0 aliphatic carbocycles. The highest BCUT2D eigenvalue weighted by atomic mass is 127. The Hall–Kier alpha value is -1.67. The quantitative estimate of drug-likeness (QED) is 0.395. The Morgan fingerprint density at radius 3 is 2.48 bits per heavy atom. The summed E-state index contributed by atoms with van der Waals surface area (Å²) in [5, 5.41) is 0. The van der Waals surface area contributed by atoms with Crippen LogP contribution < -0.4 is 4.90 Å². The minimum Gasteiger partial charge on any atom is -0.443 e. The molecule has 1 heterocycles. The van der Waals surface area contributed by atoms with Crippen LogP contribution >= 0.6 is 22.6 Å². The molecule has 0 aliphatic heterocycles. The van der Waals surface area contributed by atoms with E-state index in [4.69, 9.17) is 9.47 Å². The monoisotopic (exact) mass is 482 g/mol. The molecule has 0 radical (unpaired) electrons. The predicted molar refractivity (Wildman–Crippen MR) is 116 cm³/mol. The number of halogens is 1. The number of hydrogen-bond acceptors (Lipinski definition) is 4. The third kappa shape index (κ3) is 7.84. The van der Waals surface area contributed by atoms with Crippen molar-refractivity contribution in [2.24, 2.45) is 0 Å². The number of nitrogens with zero attached hydrogens (tertiary/aromatic N) is 2.